The summed E-state index contributed by atoms with van der Waals surface area (Å²) in [4.78, 5) is 17.5. The van der Waals surface area contributed by atoms with Crippen molar-refractivity contribution in [2.75, 3.05) is 26.2 Å². The van der Waals surface area contributed by atoms with Crippen LogP contribution in [0.3, 0.4) is 0 Å². The van der Waals surface area contributed by atoms with Crippen molar-refractivity contribution in [1.29, 1.82) is 0 Å². The lowest BCUT2D eigenvalue weighted by molar-refractivity contribution is -0.132. The van der Waals surface area contributed by atoms with E-state index >= 15 is 0 Å². The number of rotatable bonds is 8. The van der Waals surface area contributed by atoms with Gasteiger partial charge >= 0.3 is 0 Å². The normalized spacial score (nSPS) is 27.2. The SMILES string of the molecule is CC1CCCN1C(=O)C(Sn1cc(CCC2CCN(CC3CC3(F)F)CC2)nn1)C(C)(C)C. The number of halogens is 2. The molecule has 2 aliphatic heterocycles. The summed E-state index contributed by atoms with van der Waals surface area (Å²) in [5.41, 5.74) is 0.770. The van der Waals surface area contributed by atoms with Gasteiger partial charge in [0.25, 0.3) is 5.92 Å². The number of carbonyl (C=O) groups excluding carboxylic acids is 1. The van der Waals surface area contributed by atoms with Gasteiger partial charge in [0.2, 0.25) is 5.91 Å². The summed E-state index contributed by atoms with van der Waals surface area (Å²) < 4.78 is 28.1. The zero-order chi connectivity index (χ0) is 23.8. The number of nitrogens with zero attached hydrogens (tertiary/aromatic N) is 5. The summed E-state index contributed by atoms with van der Waals surface area (Å²) in [6.45, 7) is 11.7. The number of likely N-dealkylation sites (tertiary alicyclic amines) is 2. The molecule has 3 aliphatic rings. The van der Waals surface area contributed by atoms with Crippen LogP contribution in [0.4, 0.5) is 8.78 Å². The number of aromatic nitrogens is 3. The van der Waals surface area contributed by atoms with Gasteiger partial charge in [-0.05, 0) is 81.8 Å². The van der Waals surface area contributed by atoms with Crippen LogP contribution >= 0.6 is 11.9 Å². The fourth-order valence-corrected chi connectivity index (χ4v) is 6.15. The minimum Gasteiger partial charge on any atom is -0.339 e. The van der Waals surface area contributed by atoms with Gasteiger partial charge < -0.3 is 9.80 Å². The Balaban J connectivity index is 1.25. The third-order valence-electron chi connectivity index (χ3n) is 7.53. The molecule has 1 saturated carbocycles. The first-order valence-corrected chi connectivity index (χ1v) is 13.4. The standard InChI is InChI=1S/C24H39F2N5OS/c1-17-6-5-11-30(17)22(32)21(23(2,3)4)33-31-16-20(27-28-31)8-7-18-9-12-29(13-10-18)15-19-14-24(19,25)26/h16-19,21H,5-15H2,1-4H3. The first-order valence-electron chi connectivity index (χ1n) is 12.5. The van der Waals surface area contributed by atoms with Gasteiger partial charge in [0.15, 0.2) is 0 Å². The van der Waals surface area contributed by atoms with Crippen LogP contribution in [0.1, 0.15) is 71.9 Å². The quantitative estimate of drug-likeness (QED) is 0.545. The molecule has 9 heteroatoms. The number of alkyl halides is 2. The molecule has 3 unspecified atom stereocenters. The smallest absolute Gasteiger partial charge is 0.252 e. The second kappa shape index (κ2) is 9.80. The second-order valence-electron chi connectivity index (χ2n) is 11.4. The van der Waals surface area contributed by atoms with E-state index in [1.54, 1.807) is 4.09 Å². The van der Waals surface area contributed by atoms with Gasteiger partial charge in [0.1, 0.15) is 5.25 Å². The lowest BCUT2D eigenvalue weighted by Crippen LogP contribution is -2.45. The Bertz CT molecular complexity index is 818. The summed E-state index contributed by atoms with van der Waals surface area (Å²) in [5.74, 6) is -2.02. The first kappa shape index (κ1) is 24.9. The van der Waals surface area contributed by atoms with E-state index in [4.69, 9.17) is 0 Å². The highest BCUT2D eigenvalue weighted by molar-refractivity contribution is 7.99. The predicted octanol–water partition coefficient (Wildman–Crippen LogP) is 4.50. The number of amides is 1. The summed E-state index contributed by atoms with van der Waals surface area (Å²) in [6, 6.07) is 0.307. The molecule has 3 fully saturated rings. The Morgan fingerprint density at radius 1 is 1.24 bits per heavy atom. The largest absolute Gasteiger partial charge is 0.339 e. The highest BCUT2D eigenvalue weighted by Gasteiger charge is 2.57. The summed E-state index contributed by atoms with van der Waals surface area (Å²) in [7, 11) is 0. The minimum absolute atomic E-state index is 0.0688. The van der Waals surface area contributed by atoms with Crippen LogP contribution in [0.2, 0.25) is 0 Å². The third kappa shape index (κ3) is 6.27. The third-order valence-corrected chi connectivity index (χ3v) is 9.05. The van der Waals surface area contributed by atoms with Gasteiger partial charge in [0, 0.05) is 31.5 Å². The van der Waals surface area contributed by atoms with Gasteiger partial charge in [0.05, 0.1) is 11.9 Å². The average molecular weight is 484 g/mol. The van der Waals surface area contributed by atoms with E-state index in [2.05, 4.69) is 42.9 Å². The molecule has 0 spiro atoms. The van der Waals surface area contributed by atoms with Crippen molar-refractivity contribution in [1.82, 2.24) is 24.2 Å². The van der Waals surface area contributed by atoms with Crippen LogP contribution < -0.4 is 0 Å². The van der Waals surface area contributed by atoms with Gasteiger partial charge in [-0.15, -0.1) is 5.10 Å². The Morgan fingerprint density at radius 2 is 1.94 bits per heavy atom. The van der Waals surface area contributed by atoms with Crippen molar-refractivity contribution in [2.45, 2.75) is 89.9 Å². The first-order chi connectivity index (χ1) is 15.5. The second-order valence-corrected chi connectivity index (χ2v) is 12.5. The molecule has 0 N–H and O–H groups in total. The molecule has 1 amide bonds. The molecule has 1 aromatic rings. The highest BCUT2D eigenvalue weighted by atomic mass is 32.2. The highest BCUT2D eigenvalue weighted by Crippen LogP contribution is 2.49. The van der Waals surface area contributed by atoms with Gasteiger partial charge in [-0.3, -0.25) is 4.79 Å². The molecule has 0 aromatic carbocycles. The number of hydrogen-bond donors (Lipinski definition) is 0. The predicted molar refractivity (Wildman–Crippen MR) is 127 cm³/mol. The molecular formula is C24H39F2N5OS. The molecule has 0 bridgehead atoms. The Labute approximate surface area is 201 Å². The van der Waals surface area contributed by atoms with Crippen molar-refractivity contribution in [3.63, 3.8) is 0 Å². The summed E-state index contributed by atoms with van der Waals surface area (Å²) >= 11 is 1.47. The number of piperidine rings is 1. The molecule has 4 rings (SSSR count). The van der Waals surface area contributed by atoms with Gasteiger partial charge in [-0.25, -0.2) is 8.78 Å². The van der Waals surface area contributed by atoms with Crippen LogP contribution in [0.5, 0.6) is 0 Å². The monoisotopic (exact) mass is 483 g/mol. The van der Waals surface area contributed by atoms with Crippen LogP contribution in [0, 0.1) is 17.3 Å². The molecule has 3 heterocycles. The molecule has 0 radical (unpaired) electrons. The molecule has 2 saturated heterocycles. The number of aryl methyl sites for hydroxylation is 1. The molecule has 33 heavy (non-hydrogen) atoms. The Hall–Kier alpha value is -1.22. The van der Waals surface area contributed by atoms with Crippen LogP contribution in [-0.2, 0) is 11.2 Å². The number of carbonyl (C=O) groups is 1. The maximum absolute atomic E-state index is 13.3. The van der Waals surface area contributed by atoms with Crippen molar-refractivity contribution in [3.05, 3.63) is 11.9 Å². The van der Waals surface area contributed by atoms with E-state index in [-0.39, 0.29) is 23.0 Å². The summed E-state index contributed by atoms with van der Waals surface area (Å²) in [6.07, 6.45) is 8.23. The van der Waals surface area contributed by atoms with Crippen molar-refractivity contribution < 1.29 is 13.6 Å². The average Bonchev–Trinajstić information content (AvgIpc) is 3.10. The zero-order valence-corrected chi connectivity index (χ0v) is 21.3. The molecular weight excluding hydrogens is 444 g/mol. The van der Waals surface area contributed by atoms with E-state index in [0.29, 0.717) is 18.5 Å². The Morgan fingerprint density at radius 3 is 2.52 bits per heavy atom. The van der Waals surface area contributed by atoms with Crippen LogP contribution in [-0.4, -0.2) is 73.5 Å². The molecule has 1 aliphatic carbocycles. The molecule has 1 aromatic heterocycles. The van der Waals surface area contributed by atoms with Crippen LogP contribution in [0.15, 0.2) is 6.20 Å². The van der Waals surface area contributed by atoms with Crippen molar-refractivity contribution >= 4 is 17.9 Å². The van der Waals surface area contributed by atoms with Crippen LogP contribution in [0.25, 0.3) is 0 Å². The summed E-state index contributed by atoms with van der Waals surface area (Å²) in [5, 5.41) is 8.45. The number of hydrogen-bond acceptors (Lipinski definition) is 5. The maximum Gasteiger partial charge on any atom is 0.252 e. The van der Waals surface area contributed by atoms with Gasteiger partial charge in [-0.2, -0.15) is 4.09 Å². The van der Waals surface area contributed by atoms with E-state index < -0.39 is 11.8 Å². The molecule has 3 atom stereocenters. The van der Waals surface area contributed by atoms with E-state index in [9.17, 15) is 13.6 Å². The molecule has 186 valence electrons. The van der Waals surface area contributed by atoms with Crippen molar-refractivity contribution in [3.8, 4) is 0 Å². The zero-order valence-electron chi connectivity index (χ0n) is 20.5. The lowest BCUT2D eigenvalue weighted by atomic mass is 9.90. The van der Waals surface area contributed by atoms with Crippen molar-refractivity contribution in [2.24, 2.45) is 17.3 Å². The van der Waals surface area contributed by atoms with E-state index in [1.165, 1.54) is 11.9 Å². The maximum atomic E-state index is 13.3. The molecule has 6 nitrogen and oxygen atoms in total. The van der Waals surface area contributed by atoms with Gasteiger partial charge in [-0.1, -0.05) is 26.0 Å². The fraction of sp³-hybridized carbons (Fsp3) is 0.875. The van der Waals surface area contributed by atoms with E-state index in [0.717, 1.165) is 63.9 Å². The minimum atomic E-state index is -2.41. The lowest BCUT2D eigenvalue weighted by Gasteiger charge is -2.33. The fourth-order valence-electron chi connectivity index (χ4n) is 5.13. The Kier molecular flexibility index (Phi) is 7.39. The van der Waals surface area contributed by atoms with E-state index in [1.807, 2.05) is 11.1 Å². The topological polar surface area (TPSA) is 54.3 Å².